The van der Waals surface area contributed by atoms with Gasteiger partial charge in [-0.1, -0.05) is 31.9 Å². The van der Waals surface area contributed by atoms with E-state index in [1.807, 2.05) is 19.1 Å². The van der Waals surface area contributed by atoms with Gasteiger partial charge in [0.15, 0.2) is 0 Å². The number of carbonyl (C=O) groups is 1. The number of aliphatic hydroxyl groups excluding tert-OH is 3. The Balaban J connectivity index is 1.89. The topological polar surface area (TPSA) is 98.0 Å². The molecule has 1 heterocycles. The predicted molar refractivity (Wildman–Crippen MR) is 112 cm³/mol. The van der Waals surface area contributed by atoms with Gasteiger partial charge < -0.3 is 20.4 Å². The minimum Gasteiger partial charge on any atom is -0.477 e. The van der Waals surface area contributed by atoms with Crippen molar-refractivity contribution >= 4 is 28.9 Å². The lowest BCUT2D eigenvalue weighted by molar-refractivity contribution is 0.0409. The molecule has 1 fully saturated rings. The smallest absolute Gasteiger partial charge is 0.345 e. The highest BCUT2D eigenvalue weighted by atomic mass is 35.5. The van der Waals surface area contributed by atoms with Gasteiger partial charge in [0.2, 0.25) is 0 Å². The van der Waals surface area contributed by atoms with Gasteiger partial charge in [-0.2, -0.15) is 0 Å². The summed E-state index contributed by atoms with van der Waals surface area (Å²) in [4.78, 5) is 12.3. The van der Waals surface area contributed by atoms with Gasteiger partial charge >= 0.3 is 5.97 Å². The van der Waals surface area contributed by atoms with Crippen LogP contribution >= 0.6 is 22.9 Å². The summed E-state index contributed by atoms with van der Waals surface area (Å²) >= 11 is 7.75. The molecule has 0 aromatic carbocycles. The Morgan fingerprint density at radius 1 is 1.36 bits per heavy atom. The van der Waals surface area contributed by atoms with Crippen molar-refractivity contribution in [3.8, 4) is 0 Å². The highest BCUT2D eigenvalue weighted by Crippen LogP contribution is 2.40. The van der Waals surface area contributed by atoms with E-state index in [2.05, 4.69) is 0 Å². The molecule has 0 amide bonds. The third-order valence-electron chi connectivity index (χ3n) is 5.48. The maximum atomic E-state index is 11.0. The van der Waals surface area contributed by atoms with Crippen LogP contribution in [0, 0.1) is 11.8 Å². The monoisotopic (exact) mass is 430 g/mol. The van der Waals surface area contributed by atoms with Crippen molar-refractivity contribution in [2.45, 2.75) is 75.6 Å². The molecule has 1 aromatic heterocycles. The molecule has 1 unspecified atom stereocenters. The fourth-order valence-corrected chi connectivity index (χ4v) is 5.19. The van der Waals surface area contributed by atoms with Crippen molar-refractivity contribution in [2.75, 3.05) is 0 Å². The second-order valence-corrected chi connectivity index (χ2v) is 9.34. The first-order valence-corrected chi connectivity index (χ1v) is 11.3. The van der Waals surface area contributed by atoms with E-state index in [0.29, 0.717) is 17.7 Å². The molecule has 1 aliphatic rings. The highest BCUT2D eigenvalue weighted by Gasteiger charge is 2.39. The lowest BCUT2D eigenvalue weighted by Crippen LogP contribution is -2.25. The number of hydrogen-bond donors (Lipinski definition) is 4. The number of aliphatic hydroxyl groups is 3. The van der Waals surface area contributed by atoms with E-state index in [9.17, 15) is 20.1 Å². The third-order valence-corrected chi connectivity index (χ3v) is 7.12. The van der Waals surface area contributed by atoms with E-state index in [0.717, 1.165) is 37.0 Å². The number of alkyl halides is 1. The van der Waals surface area contributed by atoms with Crippen LogP contribution in [0.25, 0.3) is 0 Å². The maximum absolute atomic E-state index is 11.0. The molecule has 1 saturated carbocycles. The van der Waals surface area contributed by atoms with Crippen LogP contribution in [0.1, 0.15) is 60.0 Å². The molecular formula is C21H31ClO5S. The van der Waals surface area contributed by atoms with E-state index in [1.165, 1.54) is 11.3 Å². The number of rotatable bonds is 11. The minimum atomic E-state index is -0.936. The second kappa shape index (κ2) is 11.3. The summed E-state index contributed by atoms with van der Waals surface area (Å²) in [7, 11) is 0. The van der Waals surface area contributed by atoms with Gasteiger partial charge in [-0.3, -0.25) is 0 Å². The molecule has 0 radical (unpaired) electrons. The fraction of sp³-hybridized carbons (Fsp3) is 0.667. The van der Waals surface area contributed by atoms with Gasteiger partial charge in [-0.05, 0) is 50.2 Å². The van der Waals surface area contributed by atoms with Crippen LogP contribution < -0.4 is 0 Å². The molecule has 28 heavy (non-hydrogen) atoms. The Hall–Kier alpha value is -0.920. The Bertz CT molecular complexity index is 646. The van der Waals surface area contributed by atoms with Crippen LogP contribution in [0.5, 0.6) is 0 Å². The van der Waals surface area contributed by atoms with E-state index in [-0.39, 0.29) is 17.2 Å². The standard InChI is InChI=1S/C21H31ClO5S/c1-2-3-7-17(23)18(24)10-9-15-14(16(22)12-19(15)25)6-4-5-13-8-11-20(28-13)21(26)27/h8-11,14-19,23-25H,2-7,12H2,1H3,(H,26,27)/b10-9+/t14-,15-,16-,17?,18-,19-/m1/s1. The zero-order valence-corrected chi connectivity index (χ0v) is 17.8. The first-order valence-electron chi connectivity index (χ1n) is 10.0. The highest BCUT2D eigenvalue weighted by molar-refractivity contribution is 7.13. The molecular weight excluding hydrogens is 400 g/mol. The van der Waals surface area contributed by atoms with Crippen LogP contribution in [-0.2, 0) is 6.42 Å². The summed E-state index contributed by atoms with van der Waals surface area (Å²) in [6, 6.07) is 3.48. The van der Waals surface area contributed by atoms with Crippen LogP contribution in [0.15, 0.2) is 24.3 Å². The van der Waals surface area contributed by atoms with E-state index in [1.54, 1.807) is 12.1 Å². The van der Waals surface area contributed by atoms with Crippen molar-refractivity contribution < 1.29 is 25.2 Å². The lowest BCUT2D eigenvalue weighted by Gasteiger charge is -2.21. The first kappa shape index (κ1) is 23.4. The largest absolute Gasteiger partial charge is 0.477 e. The van der Waals surface area contributed by atoms with E-state index in [4.69, 9.17) is 16.7 Å². The third kappa shape index (κ3) is 6.56. The Morgan fingerprint density at radius 2 is 2.11 bits per heavy atom. The zero-order valence-electron chi connectivity index (χ0n) is 16.2. The quantitative estimate of drug-likeness (QED) is 0.316. The van der Waals surface area contributed by atoms with Gasteiger partial charge in [0.05, 0.1) is 18.3 Å². The molecule has 158 valence electrons. The molecule has 7 heteroatoms. The van der Waals surface area contributed by atoms with Gasteiger partial charge in [-0.25, -0.2) is 4.79 Å². The number of aromatic carboxylic acids is 1. The summed E-state index contributed by atoms with van der Waals surface area (Å²) in [5, 5.41) is 39.3. The van der Waals surface area contributed by atoms with Gasteiger partial charge in [0.1, 0.15) is 4.88 Å². The molecule has 0 bridgehead atoms. The maximum Gasteiger partial charge on any atom is 0.345 e. The molecule has 1 aliphatic carbocycles. The van der Waals surface area contributed by atoms with Crippen LogP contribution in [-0.4, -0.2) is 50.1 Å². The van der Waals surface area contributed by atoms with E-state index < -0.39 is 24.3 Å². The summed E-state index contributed by atoms with van der Waals surface area (Å²) in [5.74, 6) is -0.957. The van der Waals surface area contributed by atoms with Crippen molar-refractivity contribution in [3.05, 3.63) is 34.0 Å². The summed E-state index contributed by atoms with van der Waals surface area (Å²) in [6.45, 7) is 2.04. The normalized spacial score (nSPS) is 27.3. The molecule has 2 rings (SSSR count). The Labute approximate surface area is 175 Å². The fourth-order valence-electron chi connectivity index (χ4n) is 3.83. The van der Waals surface area contributed by atoms with Crippen LogP contribution in [0.2, 0.25) is 0 Å². The molecule has 6 atom stereocenters. The lowest BCUT2D eigenvalue weighted by atomic mass is 9.88. The number of halogens is 1. The van der Waals surface area contributed by atoms with Crippen molar-refractivity contribution in [1.29, 1.82) is 0 Å². The Kier molecular flexibility index (Phi) is 9.44. The molecule has 0 spiro atoms. The van der Waals surface area contributed by atoms with Gasteiger partial charge in [-0.15, -0.1) is 22.9 Å². The molecule has 5 nitrogen and oxygen atoms in total. The minimum absolute atomic E-state index is 0.0896. The number of hydrogen-bond acceptors (Lipinski definition) is 5. The van der Waals surface area contributed by atoms with E-state index >= 15 is 0 Å². The van der Waals surface area contributed by atoms with Gasteiger partial charge in [0, 0.05) is 16.2 Å². The number of carboxylic acid groups (broad SMARTS) is 1. The molecule has 1 aromatic rings. The second-order valence-electron chi connectivity index (χ2n) is 7.61. The van der Waals surface area contributed by atoms with Crippen LogP contribution in [0.3, 0.4) is 0 Å². The summed E-state index contributed by atoms with van der Waals surface area (Å²) < 4.78 is 0. The number of unbranched alkanes of at least 4 members (excludes halogenated alkanes) is 1. The number of thiophene rings is 1. The predicted octanol–water partition coefficient (Wildman–Crippen LogP) is 3.84. The molecule has 0 aliphatic heterocycles. The summed E-state index contributed by atoms with van der Waals surface area (Å²) in [5.41, 5.74) is 0. The van der Waals surface area contributed by atoms with Crippen molar-refractivity contribution in [3.63, 3.8) is 0 Å². The summed E-state index contributed by atoms with van der Waals surface area (Å²) in [6.07, 6.45) is 6.46. The number of carboxylic acids is 1. The van der Waals surface area contributed by atoms with Crippen LogP contribution in [0.4, 0.5) is 0 Å². The molecule has 4 N–H and O–H groups in total. The zero-order chi connectivity index (χ0) is 20.7. The first-order chi connectivity index (χ1) is 13.3. The Morgan fingerprint density at radius 3 is 2.75 bits per heavy atom. The van der Waals surface area contributed by atoms with Crippen molar-refractivity contribution in [1.82, 2.24) is 0 Å². The van der Waals surface area contributed by atoms with Gasteiger partial charge in [0.25, 0.3) is 0 Å². The average molecular weight is 431 g/mol. The average Bonchev–Trinajstić information content (AvgIpc) is 3.23. The number of aryl methyl sites for hydroxylation is 1. The molecule has 0 saturated heterocycles. The van der Waals surface area contributed by atoms with Crippen molar-refractivity contribution in [2.24, 2.45) is 11.8 Å². The SMILES string of the molecule is CCCCC(O)[C@H](O)/C=C/[C@@H]1[C@@H](CCCc2ccc(C(=O)O)s2)[C@H](Cl)C[C@H]1O.